The molecule has 5 heteroatoms. The van der Waals surface area contributed by atoms with Crippen LogP contribution in [0.4, 0.5) is 0 Å². The van der Waals surface area contributed by atoms with Gasteiger partial charge in [0.25, 0.3) is 6.33 Å². The third kappa shape index (κ3) is 2.87. The Morgan fingerprint density at radius 3 is 2.71 bits per heavy atom. The molecule has 0 fully saturated rings. The minimum Gasteiger partial charge on any atom is -0.237 e. The molecule has 1 atom stereocenters. The van der Waals surface area contributed by atoms with Gasteiger partial charge in [-0.25, -0.2) is 4.57 Å². The molecule has 17 heavy (non-hydrogen) atoms. The van der Waals surface area contributed by atoms with Gasteiger partial charge < -0.3 is 0 Å². The van der Waals surface area contributed by atoms with Crippen LogP contribution in [0.1, 0.15) is 38.3 Å². The van der Waals surface area contributed by atoms with E-state index < -0.39 is 0 Å². The van der Waals surface area contributed by atoms with Gasteiger partial charge in [0.1, 0.15) is 6.04 Å². The van der Waals surface area contributed by atoms with E-state index in [0.29, 0.717) is 12.0 Å². The highest BCUT2D eigenvalue weighted by Gasteiger charge is 2.13. The Bertz CT molecular complexity index is 463. The van der Waals surface area contributed by atoms with Crippen LogP contribution >= 0.6 is 0 Å². The van der Waals surface area contributed by atoms with Gasteiger partial charge in [0.15, 0.2) is 0 Å². The van der Waals surface area contributed by atoms with Crippen molar-refractivity contribution >= 4 is 0 Å². The summed E-state index contributed by atoms with van der Waals surface area (Å²) < 4.78 is 4.06. The van der Waals surface area contributed by atoms with E-state index in [9.17, 15) is 0 Å². The van der Waals surface area contributed by atoms with Crippen molar-refractivity contribution in [1.29, 1.82) is 0 Å². The highest BCUT2D eigenvalue weighted by Crippen LogP contribution is 2.12. The first kappa shape index (κ1) is 11.7. The van der Waals surface area contributed by atoms with Gasteiger partial charge in [-0.05, 0) is 25.5 Å². The Balaban J connectivity index is 2.05. The van der Waals surface area contributed by atoms with Crippen LogP contribution in [-0.4, -0.2) is 20.0 Å². The zero-order valence-corrected chi connectivity index (χ0v) is 10.5. The molecule has 0 aliphatic carbocycles. The van der Waals surface area contributed by atoms with E-state index in [1.807, 2.05) is 29.6 Å². The van der Waals surface area contributed by atoms with E-state index >= 15 is 0 Å². The second kappa shape index (κ2) is 5.03. The summed E-state index contributed by atoms with van der Waals surface area (Å²) in [5, 5.41) is 12.0. The highest BCUT2D eigenvalue weighted by molar-refractivity contribution is 5.09. The first-order valence-electron chi connectivity index (χ1n) is 5.86. The number of hydrogen-bond donors (Lipinski definition) is 0. The largest absolute Gasteiger partial charge is 0.265 e. The van der Waals surface area contributed by atoms with Crippen molar-refractivity contribution in [3.05, 3.63) is 36.7 Å². The third-order valence-corrected chi connectivity index (χ3v) is 2.79. The topological polar surface area (TPSA) is 47.5 Å². The van der Waals surface area contributed by atoms with Gasteiger partial charge in [0.05, 0.1) is 12.7 Å². The smallest absolute Gasteiger partial charge is 0.237 e. The Hall–Kier alpha value is -1.78. The molecule has 1 unspecified atom stereocenters. The Kier molecular flexibility index (Phi) is 3.46. The van der Waals surface area contributed by atoms with Gasteiger partial charge in [-0.2, -0.15) is 10.2 Å². The Morgan fingerprint density at radius 2 is 2.12 bits per heavy atom. The molecule has 0 amide bonds. The molecule has 90 valence electrons. The van der Waals surface area contributed by atoms with Gasteiger partial charge >= 0.3 is 0 Å². The first-order valence-corrected chi connectivity index (χ1v) is 5.86. The van der Waals surface area contributed by atoms with E-state index in [1.165, 1.54) is 5.56 Å². The van der Waals surface area contributed by atoms with Gasteiger partial charge in [-0.1, -0.05) is 6.92 Å². The molecule has 0 spiro atoms. The fourth-order valence-corrected chi connectivity index (χ4v) is 1.71. The summed E-state index contributed by atoms with van der Waals surface area (Å²) in [4.78, 5) is 0. The summed E-state index contributed by atoms with van der Waals surface area (Å²) in [5.41, 5.74) is 1.20. The van der Waals surface area contributed by atoms with Gasteiger partial charge in [0.2, 0.25) is 6.33 Å². The van der Waals surface area contributed by atoms with Crippen LogP contribution < -0.4 is 4.57 Å². The minimum absolute atomic E-state index is 0.397. The van der Waals surface area contributed by atoms with Crippen molar-refractivity contribution in [2.75, 3.05) is 0 Å². The number of aromatic nitrogens is 5. The van der Waals surface area contributed by atoms with Crippen LogP contribution in [0.5, 0.6) is 0 Å². The molecule has 2 rings (SSSR count). The molecular formula is C12H18N5+. The molecule has 2 aromatic heterocycles. The summed E-state index contributed by atoms with van der Waals surface area (Å²) in [5.74, 6) is 0.403. The lowest BCUT2D eigenvalue weighted by Gasteiger charge is -2.08. The van der Waals surface area contributed by atoms with Crippen LogP contribution in [0.15, 0.2) is 31.1 Å². The molecular weight excluding hydrogens is 214 g/mol. The third-order valence-electron chi connectivity index (χ3n) is 2.79. The number of nitrogens with zero attached hydrogens (tertiary/aromatic N) is 5. The molecule has 2 heterocycles. The second-order valence-electron chi connectivity index (χ2n) is 4.59. The van der Waals surface area contributed by atoms with E-state index in [2.05, 4.69) is 40.6 Å². The van der Waals surface area contributed by atoms with Crippen LogP contribution in [0.2, 0.25) is 0 Å². The monoisotopic (exact) mass is 232 g/mol. The van der Waals surface area contributed by atoms with Crippen molar-refractivity contribution in [1.82, 2.24) is 20.0 Å². The van der Waals surface area contributed by atoms with Crippen LogP contribution in [-0.2, 0) is 6.54 Å². The molecule has 0 aliphatic heterocycles. The van der Waals surface area contributed by atoms with Crippen molar-refractivity contribution in [3.8, 4) is 0 Å². The average molecular weight is 232 g/mol. The van der Waals surface area contributed by atoms with Gasteiger partial charge in [-0.15, -0.1) is 4.68 Å². The van der Waals surface area contributed by atoms with E-state index in [1.54, 1.807) is 6.20 Å². The molecule has 0 bridgehead atoms. The molecule has 0 aromatic carbocycles. The molecule has 0 N–H and O–H groups in total. The van der Waals surface area contributed by atoms with Crippen LogP contribution in [0.25, 0.3) is 0 Å². The molecule has 0 aliphatic rings. The molecule has 0 radical (unpaired) electrons. The SMILES string of the molecule is CC(C[n+]1cnn(C(C)C)c1)c1ccnnc1. The van der Waals surface area contributed by atoms with E-state index in [-0.39, 0.29) is 0 Å². The number of rotatable bonds is 4. The van der Waals surface area contributed by atoms with Crippen molar-refractivity contribution in [2.45, 2.75) is 39.3 Å². The zero-order chi connectivity index (χ0) is 12.3. The summed E-state index contributed by atoms with van der Waals surface area (Å²) in [7, 11) is 0. The maximum absolute atomic E-state index is 4.31. The summed E-state index contributed by atoms with van der Waals surface area (Å²) in [6, 6.07) is 2.40. The van der Waals surface area contributed by atoms with Crippen molar-refractivity contribution in [3.63, 3.8) is 0 Å². The van der Waals surface area contributed by atoms with Gasteiger partial charge in [0, 0.05) is 17.2 Å². The Labute approximate surface area is 101 Å². The lowest BCUT2D eigenvalue weighted by molar-refractivity contribution is -0.700. The molecule has 5 nitrogen and oxygen atoms in total. The lowest BCUT2D eigenvalue weighted by Crippen LogP contribution is -2.34. The fraction of sp³-hybridized carbons (Fsp3) is 0.500. The van der Waals surface area contributed by atoms with E-state index in [0.717, 1.165) is 6.54 Å². The summed E-state index contributed by atoms with van der Waals surface area (Å²) in [6.45, 7) is 7.32. The predicted molar refractivity (Wildman–Crippen MR) is 63.3 cm³/mol. The standard InChI is InChI=1S/C12H18N5/c1-10(2)17-9-16(8-15-17)7-11(3)12-4-5-13-14-6-12/h4-6,8-11H,7H2,1-3H3/q+1. The fourth-order valence-electron chi connectivity index (χ4n) is 1.71. The minimum atomic E-state index is 0.397. The van der Waals surface area contributed by atoms with Gasteiger partial charge in [-0.3, -0.25) is 0 Å². The average Bonchev–Trinajstić information content (AvgIpc) is 2.79. The van der Waals surface area contributed by atoms with Crippen molar-refractivity contribution in [2.24, 2.45) is 0 Å². The van der Waals surface area contributed by atoms with Crippen LogP contribution in [0, 0.1) is 0 Å². The van der Waals surface area contributed by atoms with Crippen LogP contribution in [0.3, 0.4) is 0 Å². The molecule has 0 saturated heterocycles. The Morgan fingerprint density at radius 1 is 1.29 bits per heavy atom. The molecule has 2 aromatic rings. The summed E-state index contributed by atoms with van der Waals surface area (Å²) >= 11 is 0. The predicted octanol–water partition coefficient (Wildman–Crippen LogP) is 1.35. The van der Waals surface area contributed by atoms with E-state index in [4.69, 9.17) is 0 Å². The lowest BCUT2D eigenvalue weighted by atomic mass is 10.0. The summed E-state index contributed by atoms with van der Waals surface area (Å²) in [6.07, 6.45) is 7.45. The first-order chi connectivity index (χ1) is 8.16. The quantitative estimate of drug-likeness (QED) is 0.747. The highest BCUT2D eigenvalue weighted by atomic mass is 15.4. The maximum Gasteiger partial charge on any atom is 0.265 e. The normalized spacial score (nSPS) is 12.9. The molecule has 0 saturated carbocycles. The number of hydrogen-bond acceptors (Lipinski definition) is 3. The maximum atomic E-state index is 4.31. The second-order valence-corrected chi connectivity index (χ2v) is 4.59. The van der Waals surface area contributed by atoms with Crippen molar-refractivity contribution < 1.29 is 4.57 Å². The zero-order valence-electron chi connectivity index (χ0n) is 10.5.